The quantitative estimate of drug-likeness (QED) is 0.877. The molecule has 2 aromatic rings. The first-order valence-electron chi connectivity index (χ1n) is 6.79. The van der Waals surface area contributed by atoms with Crippen LogP contribution in [0, 0.1) is 5.82 Å². The van der Waals surface area contributed by atoms with Gasteiger partial charge in [0.1, 0.15) is 18.2 Å². The van der Waals surface area contributed by atoms with Gasteiger partial charge in [0.25, 0.3) is 0 Å². The summed E-state index contributed by atoms with van der Waals surface area (Å²) in [6.07, 6.45) is 1.66. The molecule has 0 saturated carbocycles. The summed E-state index contributed by atoms with van der Waals surface area (Å²) in [5.41, 5.74) is 1.56. The fourth-order valence-electron chi connectivity index (χ4n) is 1.72. The molecule has 3 nitrogen and oxygen atoms in total. The van der Waals surface area contributed by atoms with E-state index in [1.807, 2.05) is 12.1 Å². The molecule has 0 radical (unpaired) electrons. The average molecular weight is 309 g/mol. The van der Waals surface area contributed by atoms with E-state index in [4.69, 9.17) is 16.3 Å². The predicted octanol–water partition coefficient (Wildman–Crippen LogP) is 3.95. The fourth-order valence-corrected chi connectivity index (χ4v) is 1.90. The molecule has 2 rings (SSSR count). The van der Waals surface area contributed by atoms with E-state index in [1.165, 1.54) is 18.2 Å². The lowest BCUT2D eigenvalue weighted by Gasteiger charge is -2.10. The predicted molar refractivity (Wildman–Crippen MR) is 82.0 cm³/mol. The van der Waals surface area contributed by atoms with Crippen LogP contribution in [0.5, 0.6) is 5.75 Å². The number of hydrogen-bond acceptors (Lipinski definition) is 3. The molecule has 0 atom stereocenters. The van der Waals surface area contributed by atoms with E-state index in [-0.39, 0.29) is 12.4 Å². The van der Waals surface area contributed by atoms with E-state index in [0.29, 0.717) is 28.9 Å². The molecule has 1 aromatic carbocycles. The number of nitrogens with one attached hydrogen (secondary N) is 1. The van der Waals surface area contributed by atoms with Crippen molar-refractivity contribution in [3.05, 3.63) is 58.6 Å². The van der Waals surface area contributed by atoms with Crippen molar-refractivity contribution in [3.8, 4) is 5.75 Å². The Hall–Kier alpha value is -1.65. The van der Waals surface area contributed by atoms with Crippen molar-refractivity contribution in [1.82, 2.24) is 10.3 Å². The molecule has 1 N–H and O–H groups in total. The summed E-state index contributed by atoms with van der Waals surface area (Å²) in [6, 6.07) is 8.38. The zero-order valence-corrected chi connectivity index (χ0v) is 12.8. The topological polar surface area (TPSA) is 34.1 Å². The van der Waals surface area contributed by atoms with E-state index in [0.717, 1.165) is 5.69 Å². The summed E-state index contributed by atoms with van der Waals surface area (Å²) < 4.78 is 18.7. The Labute approximate surface area is 129 Å². The van der Waals surface area contributed by atoms with Crippen LogP contribution in [0.25, 0.3) is 0 Å². The van der Waals surface area contributed by atoms with Crippen LogP contribution >= 0.6 is 11.6 Å². The minimum atomic E-state index is -0.328. The standard InChI is InChI=1S/C16H18ClFN2O/c1-11(2)19-8-14-4-5-15(9-20-14)21-10-12-7-13(18)3-6-16(12)17/h3-7,9,11,19H,8,10H2,1-2H3. The highest BCUT2D eigenvalue weighted by Crippen LogP contribution is 2.19. The average Bonchev–Trinajstić information content (AvgIpc) is 2.47. The van der Waals surface area contributed by atoms with Gasteiger partial charge in [-0.3, -0.25) is 4.98 Å². The molecule has 0 spiro atoms. The van der Waals surface area contributed by atoms with Gasteiger partial charge in [-0.1, -0.05) is 25.4 Å². The number of nitrogens with zero attached hydrogens (tertiary/aromatic N) is 1. The SMILES string of the molecule is CC(C)NCc1ccc(OCc2cc(F)ccc2Cl)cn1. The van der Waals surface area contributed by atoms with Crippen LogP contribution in [0.4, 0.5) is 4.39 Å². The van der Waals surface area contributed by atoms with Crippen LogP contribution in [-0.2, 0) is 13.2 Å². The third-order valence-corrected chi connectivity index (χ3v) is 3.26. The van der Waals surface area contributed by atoms with E-state index < -0.39 is 0 Å². The Morgan fingerprint density at radius 2 is 2.10 bits per heavy atom. The Kier molecular flexibility index (Phi) is 5.53. The van der Waals surface area contributed by atoms with Gasteiger partial charge in [0, 0.05) is 23.2 Å². The second-order valence-electron chi connectivity index (χ2n) is 5.05. The van der Waals surface area contributed by atoms with Crippen LogP contribution < -0.4 is 10.1 Å². The van der Waals surface area contributed by atoms with Gasteiger partial charge in [-0.15, -0.1) is 0 Å². The monoisotopic (exact) mass is 308 g/mol. The summed E-state index contributed by atoms with van der Waals surface area (Å²) in [4.78, 5) is 4.31. The Balaban J connectivity index is 1.93. The van der Waals surface area contributed by atoms with E-state index in [9.17, 15) is 4.39 Å². The van der Waals surface area contributed by atoms with Crippen LogP contribution in [-0.4, -0.2) is 11.0 Å². The smallest absolute Gasteiger partial charge is 0.138 e. The molecule has 0 saturated heterocycles. The molecule has 5 heteroatoms. The van der Waals surface area contributed by atoms with Crippen molar-refractivity contribution >= 4 is 11.6 Å². The second kappa shape index (κ2) is 7.38. The summed E-state index contributed by atoms with van der Waals surface area (Å²) in [5, 5.41) is 3.78. The van der Waals surface area contributed by atoms with Gasteiger partial charge in [-0.05, 0) is 30.3 Å². The number of halogens is 2. The second-order valence-corrected chi connectivity index (χ2v) is 5.45. The molecule has 0 aliphatic heterocycles. The van der Waals surface area contributed by atoms with Crippen molar-refractivity contribution in [2.24, 2.45) is 0 Å². The maximum Gasteiger partial charge on any atom is 0.138 e. The zero-order valence-electron chi connectivity index (χ0n) is 12.1. The lowest BCUT2D eigenvalue weighted by molar-refractivity contribution is 0.304. The normalized spacial score (nSPS) is 10.9. The van der Waals surface area contributed by atoms with Gasteiger partial charge in [-0.2, -0.15) is 0 Å². The lowest BCUT2D eigenvalue weighted by Crippen LogP contribution is -2.22. The van der Waals surface area contributed by atoms with Gasteiger partial charge < -0.3 is 10.1 Å². The van der Waals surface area contributed by atoms with Crippen LogP contribution in [0.3, 0.4) is 0 Å². The van der Waals surface area contributed by atoms with E-state index in [2.05, 4.69) is 24.1 Å². The first-order valence-corrected chi connectivity index (χ1v) is 7.17. The highest BCUT2D eigenvalue weighted by atomic mass is 35.5. The first kappa shape index (κ1) is 15.7. The lowest BCUT2D eigenvalue weighted by atomic mass is 10.2. The fraction of sp³-hybridized carbons (Fsp3) is 0.312. The van der Waals surface area contributed by atoms with Crippen LogP contribution in [0.2, 0.25) is 5.02 Å². The van der Waals surface area contributed by atoms with Gasteiger partial charge in [-0.25, -0.2) is 4.39 Å². The molecule has 1 aromatic heterocycles. The number of aromatic nitrogens is 1. The van der Waals surface area contributed by atoms with Gasteiger partial charge in [0.2, 0.25) is 0 Å². The Morgan fingerprint density at radius 3 is 2.76 bits per heavy atom. The molecule has 0 aliphatic carbocycles. The largest absolute Gasteiger partial charge is 0.487 e. The van der Waals surface area contributed by atoms with Crippen molar-refractivity contribution < 1.29 is 9.13 Å². The molecule has 21 heavy (non-hydrogen) atoms. The van der Waals surface area contributed by atoms with E-state index in [1.54, 1.807) is 6.20 Å². The number of pyridine rings is 1. The molecule has 0 fully saturated rings. The molecule has 0 amide bonds. The highest BCUT2D eigenvalue weighted by molar-refractivity contribution is 6.31. The van der Waals surface area contributed by atoms with Crippen molar-refractivity contribution in [2.75, 3.05) is 0 Å². The summed E-state index contributed by atoms with van der Waals surface area (Å²) in [6.45, 7) is 5.09. The minimum absolute atomic E-state index is 0.210. The van der Waals surface area contributed by atoms with Crippen LogP contribution in [0.1, 0.15) is 25.1 Å². The molecular formula is C16H18ClFN2O. The van der Waals surface area contributed by atoms with E-state index >= 15 is 0 Å². The Morgan fingerprint density at radius 1 is 1.29 bits per heavy atom. The molecule has 0 bridgehead atoms. The van der Waals surface area contributed by atoms with Crippen molar-refractivity contribution in [2.45, 2.75) is 33.0 Å². The van der Waals surface area contributed by atoms with Gasteiger partial charge >= 0.3 is 0 Å². The minimum Gasteiger partial charge on any atom is -0.487 e. The van der Waals surface area contributed by atoms with Crippen molar-refractivity contribution in [1.29, 1.82) is 0 Å². The van der Waals surface area contributed by atoms with Gasteiger partial charge in [0.15, 0.2) is 0 Å². The zero-order chi connectivity index (χ0) is 15.2. The molecule has 0 aliphatic rings. The first-order chi connectivity index (χ1) is 10.0. The molecule has 0 unspecified atom stereocenters. The van der Waals surface area contributed by atoms with Crippen LogP contribution in [0.15, 0.2) is 36.5 Å². The summed E-state index contributed by atoms with van der Waals surface area (Å²) in [5.74, 6) is 0.301. The molecular weight excluding hydrogens is 291 g/mol. The summed E-state index contributed by atoms with van der Waals surface area (Å²) in [7, 11) is 0. The van der Waals surface area contributed by atoms with Gasteiger partial charge in [0.05, 0.1) is 11.9 Å². The third-order valence-electron chi connectivity index (χ3n) is 2.89. The van der Waals surface area contributed by atoms with Crippen molar-refractivity contribution in [3.63, 3.8) is 0 Å². The number of ether oxygens (including phenoxy) is 1. The molecule has 1 heterocycles. The molecule has 112 valence electrons. The maximum atomic E-state index is 13.1. The number of rotatable bonds is 6. The number of benzene rings is 1. The number of hydrogen-bond donors (Lipinski definition) is 1. The Bertz CT molecular complexity index is 587. The summed E-state index contributed by atoms with van der Waals surface area (Å²) >= 11 is 5.99. The highest BCUT2D eigenvalue weighted by Gasteiger charge is 2.04. The third kappa shape index (κ3) is 4.99. The maximum absolute atomic E-state index is 13.1.